The molecule has 1 nitrogen and oxygen atoms in total. The summed E-state index contributed by atoms with van der Waals surface area (Å²) in [4.78, 5) is 0. The van der Waals surface area contributed by atoms with Crippen LogP contribution in [0.2, 0.25) is 0 Å². The third kappa shape index (κ3) is 3.12. The number of nitrogens with one attached hydrogen (secondary N) is 1. The molecule has 0 saturated heterocycles. The molecular weight excluding hydrogens is 146 g/mol. The summed E-state index contributed by atoms with van der Waals surface area (Å²) in [6.07, 6.45) is 6.89. The van der Waals surface area contributed by atoms with E-state index in [0.29, 0.717) is 0 Å². The van der Waals surface area contributed by atoms with Crippen LogP contribution in [-0.2, 0) is 0 Å². The number of rotatable bonds is 2. The van der Waals surface area contributed by atoms with Gasteiger partial charge in [-0.2, -0.15) is 0 Å². The lowest BCUT2D eigenvalue weighted by molar-refractivity contribution is 0.611. The molecule has 1 aliphatic heterocycles. The molecule has 0 spiro atoms. The molecule has 0 atom stereocenters. The highest BCUT2D eigenvalue weighted by Crippen LogP contribution is 2.13. The van der Waals surface area contributed by atoms with E-state index in [1.807, 2.05) is 0 Å². The zero-order chi connectivity index (χ0) is 8.97. The van der Waals surface area contributed by atoms with Crippen molar-refractivity contribution in [2.24, 2.45) is 5.92 Å². The van der Waals surface area contributed by atoms with Gasteiger partial charge in [0.25, 0.3) is 0 Å². The van der Waals surface area contributed by atoms with Gasteiger partial charge in [-0.1, -0.05) is 31.6 Å². The Morgan fingerprint density at radius 1 is 1.42 bits per heavy atom. The average molecular weight is 165 g/mol. The molecule has 12 heavy (non-hydrogen) atoms. The van der Waals surface area contributed by atoms with E-state index in [9.17, 15) is 0 Å². The zero-order valence-electron chi connectivity index (χ0n) is 8.35. The Balaban J connectivity index is 2.47. The van der Waals surface area contributed by atoms with Crippen LogP contribution in [0.15, 0.2) is 23.4 Å². The van der Waals surface area contributed by atoms with Gasteiger partial charge in [-0.25, -0.2) is 0 Å². The molecule has 0 aromatic carbocycles. The fourth-order valence-corrected chi connectivity index (χ4v) is 1.39. The summed E-state index contributed by atoms with van der Waals surface area (Å²) < 4.78 is 0. The maximum atomic E-state index is 3.43. The maximum Gasteiger partial charge on any atom is 0.0330 e. The quantitative estimate of drug-likeness (QED) is 0.620. The molecule has 0 amide bonds. The summed E-state index contributed by atoms with van der Waals surface area (Å²) in [6, 6.07) is 0. The summed E-state index contributed by atoms with van der Waals surface area (Å²) in [7, 11) is 0. The van der Waals surface area contributed by atoms with Crippen LogP contribution < -0.4 is 5.32 Å². The van der Waals surface area contributed by atoms with E-state index in [0.717, 1.165) is 18.9 Å². The second kappa shape index (κ2) is 4.34. The highest BCUT2D eigenvalue weighted by Gasteiger charge is 2.02. The first-order valence-electron chi connectivity index (χ1n) is 4.77. The predicted octanol–water partition coefficient (Wildman–Crippen LogP) is 2.86. The van der Waals surface area contributed by atoms with Gasteiger partial charge in [0.2, 0.25) is 0 Å². The lowest BCUT2D eigenvalue weighted by Gasteiger charge is -2.09. The van der Waals surface area contributed by atoms with E-state index in [2.05, 4.69) is 38.2 Å². The van der Waals surface area contributed by atoms with Crippen LogP contribution in [0.3, 0.4) is 0 Å². The van der Waals surface area contributed by atoms with Crippen molar-refractivity contribution in [3.8, 4) is 0 Å². The molecule has 0 bridgehead atoms. The molecule has 1 aliphatic rings. The van der Waals surface area contributed by atoms with Crippen molar-refractivity contribution in [1.29, 1.82) is 0 Å². The van der Waals surface area contributed by atoms with Crippen LogP contribution in [0.4, 0.5) is 0 Å². The van der Waals surface area contributed by atoms with Gasteiger partial charge in [-0.3, -0.25) is 0 Å². The van der Waals surface area contributed by atoms with Crippen molar-refractivity contribution >= 4 is 0 Å². The molecule has 0 saturated carbocycles. The predicted molar refractivity (Wildman–Crippen MR) is 53.9 cm³/mol. The van der Waals surface area contributed by atoms with Crippen LogP contribution in [0, 0.1) is 5.92 Å². The summed E-state index contributed by atoms with van der Waals surface area (Å²) in [5, 5.41) is 3.43. The topological polar surface area (TPSA) is 12.0 Å². The van der Waals surface area contributed by atoms with Crippen LogP contribution in [0.5, 0.6) is 0 Å². The van der Waals surface area contributed by atoms with Crippen molar-refractivity contribution in [3.05, 3.63) is 23.4 Å². The minimum atomic E-state index is 0.752. The Bertz CT molecular complexity index is 199. The van der Waals surface area contributed by atoms with E-state index >= 15 is 0 Å². The Hall–Kier alpha value is -0.720. The standard InChI is InChI=1S/C11H19N/c1-9(2)8-11-5-4-10(3)6-7-12-11/h5-6,9,12H,4,7-8H2,1-3H3. The number of hydrogen-bond donors (Lipinski definition) is 1. The Kier molecular flexibility index (Phi) is 3.39. The summed E-state index contributed by atoms with van der Waals surface area (Å²) >= 11 is 0. The van der Waals surface area contributed by atoms with E-state index in [-0.39, 0.29) is 0 Å². The summed E-state index contributed by atoms with van der Waals surface area (Å²) in [6.45, 7) is 7.71. The highest BCUT2D eigenvalue weighted by atomic mass is 14.9. The van der Waals surface area contributed by atoms with Gasteiger partial charge in [0.1, 0.15) is 0 Å². The molecule has 0 aromatic rings. The van der Waals surface area contributed by atoms with Gasteiger partial charge in [-0.15, -0.1) is 0 Å². The second-order valence-corrected chi connectivity index (χ2v) is 3.96. The zero-order valence-corrected chi connectivity index (χ0v) is 8.35. The largest absolute Gasteiger partial charge is 0.385 e. The molecular formula is C11H19N. The van der Waals surface area contributed by atoms with Crippen molar-refractivity contribution in [2.75, 3.05) is 6.54 Å². The first-order chi connectivity index (χ1) is 5.68. The second-order valence-electron chi connectivity index (χ2n) is 3.96. The van der Waals surface area contributed by atoms with Crippen LogP contribution in [-0.4, -0.2) is 6.54 Å². The monoisotopic (exact) mass is 165 g/mol. The third-order valence-corrected chi connectivity index (χ3v) is 2.08. The third-order valence-electron chi connectivity index (χ3n) is 2.08. The van der Waals surface area contributed by atoms with Gasteiger partial charge >= 0.3 is 0 Å². The summed E-state index contributed by atoms with van der Waals surface area (Å²) in [5.74, 6) is 0.752. The van der Waals surface area contributed by atoms with Gasteiger partial charge in [-0.05, 0) is 25.7 Å². The number of hydrogen-bond acceptors (Lipinski definition) is 1. The Labute approximate surface area is 75.6 Å². The molecule has 0 fully saturated rings. The van der Waals surface area contributed by atoms with Gasteiger partial charge in [0, 0.05) is 12.2 Å². The van der Waals surface area contributed by atoms with Gasteiger partial charge < -0.3 is 5.32 Å². The highest BCUT2D eigenvalue weighted by molar-refractivity contribution is 5.14. The number of allylic oxidation sites excluding steroid dienone is 3. The molecule has 68 valence electrons. The Morgan fingerprint density at radius 2 is 2.17 bits per heavy atom. The molecule has 1 rings (SSSR count). The minimum absolute atomic E-state index is 0.752. The average Bonchev–Trinajstić information content (AvgIpc) is 2.15. The molecule has 1 heteroatoms. The first kappa shape index (κ1) is 9.37. The lowest BCUT2D eigenvalue weighted by Crippen LogP contribution is -2.13. The van der Waals surface area contributed by atoms with E-state index in [4.69, 9.17) is 0 Å². The smallest absolute Gasteiger partial charge is 0.0330 e. The SMILES string of the molecule is CC1=CCNC(CC(C)C)=CC1. The molecule has 0 unspecified atom stereocenters. The first-order valence-corrected chi connectivity index (χ1v) is 4.77. The van der Waals surface area contributed by atoms with Gasteiger partial charge in [0.05, 0.1) is 0 Å². The van der Waals surface area contributed by atoms with Crippen LogP contribution >= 0.6 is 0 Å². The van der Waals surface area contributed by atoms with Crippen molar-refractivity contribution in [1.82, 2.24) is 5.32 Å². The van der Waals surface area contributed by atoms with E-state index in [1.165, 1.54) is 17.7 Å². The van der Waals surface area contributed by atoms with Crippen LogP contribution in [0.25, 0.3) is 0 Å². The summed E-state index contributed by atoms with van der Waals surface area (Å²) in [5.41, 5.74) is 2.89. The fraction of sp³-hybridized carbons (Fsp3) is 0.636. The minimum Gasteiger partial charge on any atom is -0.385 e. The molecule has 0 radical (unpaired) electrons. The lowest BCUT2D eigenvalue weighted by atomic mass is 10.1. The van der Waals surface area contributed by atoms with Crippen molar-refractivity contribution in [3.63, 3.8) is 0 Å². The van der Waals surface area contributed by atoms with E-state index < -0.39 is 0 Å². The normalized spacial score (nSPS) is 18.0. The fourth-order valence-electron chi connectivity index (χ4n) is 1.39. The van der Waals surface area contributed by atoms with Gasteiger partial charge in [0.15, 0.2) is 0 Å². The molecule has 1 N–H and O–H groups in total. The van der Waals surface area contributed by atoms with Crippen molar-refractivity contribution in [2.45, 2.75) is 33.6 Å². The van der Waals surface area contributed by atoms with Crippen LogP contribution in [0.1, 0.15) is 33.6 Å². The van der Waals surface area contributed by atoms with Crippen molar-refractivity contribution < 1.29 is 0 Å². The molecule has 0 aliphatic carbocycles. The molecule has 1 heterocycles. The Morgan fingerprint density at radius 3 is 2.83 bits per heavy atom. The maximum absolute atomic E-state index is 3.43. The molecule has 0 aromatic heterocycles. The van der Waals surface area contributed by atoms with E-state index in [1.54, 1.807) is 0 Å².